The Balaban J connectivity index is 2.88. The third-order valence-electron chi connectivity index (χ3n) is 4.35. The molecule has 0 aliphatic heterocycles. The van der Waals surface area contributed by atoms with Crippen LogP contribution in [0.3, 0.4) is 0 Å². The topological polar surface area (TPSA) is 58.6 Å². The summed E-state index contributed by atoms with van der Waals surface area (Å²) in [6, 6.07) is 3.37. The molecule has 1 atom stereocenters. The number of hydrogen-bond acceptors (Lipinski definition) is 4. The van der Waals surface area contributed by atoms with Crippen molar-refractivity contribution in [3.8, 4) is 0 Å². The van der Waals surface area contributed by atoms with E-state index in [1.165, 1.54) is 0 Å². The molecular formula is C22H38N2O3S. The Morgan fingerprint density at radius 2 is 1.71 bits per heavy atom. The molecule has 0 aliphatic rings. The van der Waals surface area contributed by atoms with E-state index in [1.807, 2.05) is 43.2 Å². The zero-order valence-electron chi connectivity index (χ0n) is 18.3. The maximum atomic E-state index is 13.3. The van der Waals surface area contributed by atoms with Crippen LogP contribution >= 0.6 is 11.3 Å². The van der Waals surface area contributed by atoms with E-state index in [4.69, 9.17) is 4.74 Å². The van der Waals surface area contributed by atoms with Gasteiger partial charge in [-0.25, -0.2) is 4.79 Å². The summed E-state index contributed by atoms with van der Waals surface area (Å²) in [6.45, 7) is 11.3. The van der Waals surface area contributed by atoms with Gasteiger partial charge in [0.25, 0.3) is 0 Å². The predicted molar refractivity (Wildman–Crippen MR) is 117 cm³/mol. The molecule has 0 aromatic carbocycles. The summed E-state index contributed by atoms with van der Waals surface area (Å²) in [5.74, 6) is -0.00790. The van der Waals surface area contributed by atoms with Gasteiger partial charge in [0.15, 0.2) is 0 Å². The van der Waals surface area contributed by atoms with E-state index >= 15 is 0 Å². The van der Waals surface area contributed by atoms with Gasteiger partial charge in [-0.05, 0) is 45.1 Å². The van der Waals surface area contributed by atoms with Crippen LogP contribution in [0.1, 0.15) is 78.0 Å². The van der Waals surface area contributed by atoms with E-state index in [0.29, 0.717) is 6.42 Å². The average molecular weight is 411 g/mol. The third-order valence-corrected chi connectivity index (χ3v) is 5.25. The number of ether oxygens (including phenoxy) is 1. The van der Waals surface area contributed by atoms with E-state index in [1.54, 1.807) is 11.3 Å². The van der Waals surface area contributed by atoms with Crippen LogP contribution in [-0.2, 0) is 16.0 Å². The summed E-state index contributed by atoms with van der Waals surface area (Å²) in [4.78, 5) is 28.7. The van der Waals surface area contributed by atoms with Gasteiger partial charge in [0.05, 0.1) is 0 Å². The van der Waals surface area contributed by atoms with Gasteiger partial charge in [-0.15, -0.1) is 11.3 Å². The second kappa shape index (κ2) is 12.8. The number of nitrogens with zero attached hydrogens (tertiary/aromatic N) is 1. The summed E-state index contributed by atoms with van der Waals surface area (Å²) in [7, 11) is 0. The van der Waals surface area contributed by atoms with Crippen LogP contribution in [0.5, 0.6) is 0 Å². The van der Waals surface area contributed by atoms with Crippen molar-refractivity contribution in [2.75, 3.05) is 13.1 Å². The van der Waals surface area contributed by atoms with Gasteiger partial charge in [-0.1, -0.05) is 45.6 Å². The van der Waals surface area contributed by atoms with Crippen molar-refractivity contribution in [2.24, 2.45) is 0 Å². The van der Waals surface area contributed by atoms with Crippen molar-refractivity contribution in [1.29, 1.82) is 0 Å². The molecule has 6 heteroatoms. The van der Waals surface area contributed by atoms with Crippen LogP contribution < -0.4 is 5.32 Å². The minimum Gasteiger partial charge on any atom is -0.444 e. The minimum atomic E-state index is -0.600. The molecule has 28 heavy (non-hydrogen) atoms. The fourth-order valence-electron chi connectivity index (χ4n) is 2.94. The lowest BCUT2D eigenvalue weighted by atomic mass is 10.1. The molecule has 0 radical (unpaired) electrons. The Morgan fingerprint density at radius 3 is 2.18 bits per heavy atom. The highest BCUT2D eigenvalue weighted by Crippen LogP contribution is 2.15. The smallest absolute Gasteiger partial charge is 0.408 e. The number of thiophene rings is 1. The minimum absolute atomic E-state index is 0.00790. The molecule has 0 bridgehead atoms. The van der Waals surface area contributed by atoms with Crippen LogP contribution in [0.4, 0.5) is 4.79 Å². The van der Waals surface area contributed by atoms with E-state index < -0.39 is 17.7 Å². The molecule has 0 spiro atoms. The first-order valence-corrected chi connectivity index (χ1v) is 11.5. The van der Waals surface area contributed by atoms with Crippen molar-refractivity contribution in [3.05, 3.63) is 22.4 Å². The second-order valence-corrected chi connectivity index (χ2v) is 9.25. The maximum Gasteiger partial charge on any atom is 0.408 e. The van der Waals surface area contributed by atoms with Crippen molar-refractivity contribution < 1.29 is 14.3 Å². The first-order valence-electron chi connectivity index (χ1n) is 10.6. The van der Waals surface area contributed by atoms with Crippen LogP contribution in [0.2, 0.25) is 0 Å². The van der Waals surface area contributed by atoms with Gasteiger partial charge in [0.1, 0.15) is 11.6 Å². The predicted octanol–water partition coefficient (Wildman–Crippen LogP) is 5.39. The molecular weight excluding hydrogens is 372 g/mol. The molecule has 160 valence electrons. The Morgan fingerprint density at radius 1 is 1.11 bits per heavy atom. The van der Waals surface area contributed by atoms with Gasteiger partial charge < -0.3 is 15.0 Å². The summed E-state index contributed by atoms with van der Waals surface area (Å²) < 4.78 is 5.40. The Kier molecular flexibility index (Phi) is 11.2. The van der Waals surface area contributed by atoms with Crippen LogP contribution in [0.25, 0.3) is 0 Å². The first kappa shape index (κ1) is 24.5. The summed E-state index contributed by atoms with van der Waals surface area (Å²) in [6.07, 6.45) is 6.38. The van der Waals surface area contributed by atoms with Gasteiger partial charge in [0, 0.05) is 24.4 Å². The average Bonchev–Trinajstić information content (AvgIpc) is 3.11. The molecule has 1 heterocycles. The maximum absolute atomic E-state index is 13.3. The fraction of sp³-hybridized carbons (Fsp3) is 0.727. The Labute approximate surface area is 174 Å². The first-order chi connectivity index (χ1) is 13.3. The molecule has 0 aliphatic carbocycles. The van der Waals surface area contributed by atoms with Crippen molar-refractivity contribution in [3.63, 3.8) is 0 Å². The molecule has 2 amide bonds. The van der Waals surface area contributed by atoms with Crippen molar-refractivity contribution in [2.45, 2.75) is 91.2 Å². The summed E-state index contributed by atoms with van der Waals surface area (Å²) >= 11 is 1.60. The lowest BCUT2D eigenvalue weighted by Gasteiger charge is -2.29. The van der Waals surface area contributed by atoms with E-state index in [2.05, 4.69) is 19.2 Å². The highest BCUT2D eigenvalue weighted by Gasteiger charge is 2.28. The standard InChI is InChI=1S/C22H38N2O3S/c1-6-8-10-14-24(15-11-9-7-2)20(25)19(17-18-13-12-16-28-18)23-21(26)27-22(3,4)5/h12-13,16,19H,6-11,14-15,17H2,1-5H3,(H,23,26)/t19-/m1/s1. The molecule has 0 saturated carbocycles. The van der Waals surface area contributed by atoms with Crippen LogP contribution in [0, 0.1) is 0 Å². The van der Waals surface area contributed by atoms with Gasteiger partial charge in [-0.2, -0.15) is 0 Å². The van der Waals surface area contributed by atoms with Gasteiger partial charge >= 0.3 is 6.09 Å². The molecule has 1 rings (SSSR count). The molecule has 1 aromatic heterocycles. The zero-order chi connectivity index (χ0) is 21.0. The number of amides is 2. The molecule has 0 unspecified atom stereocenters. The summed E-state index contributed by atoms with van der Waals surface area (Å²) in [5, 5.41) is 4.82. The summed E-state index contributed by atoms with van der Waals surface area (Å²) in [5.41, 5.74) is -0.595. The van der Waals surface area contributed by atoms with Crippen molar-refractivity contribution in [1.82, 2.24) is 10.2 Å². The van der Waals surface area contributed by atoms with Gasteiger partial charge in [-0.3, -0.25) is 4.79 Å². The second-order valence-electron chi connectivity index (χ2n) is 8.22. The van der Waals surface area contributed by atoms with E-state index in [0.717, 1.165) is 56.5 Å². The Hall–Kier alpha value is -1.56. The number of alkyl carbamates (subject to hydrolysis) is 1. The van der Waals surface area contributed by atoms with Crippen LogP contribution in [-0.4, -0.2) is 41.6 Å². The lowest BCUT2D eigenvalue weighted by molar-refractivity contribution is -0.133. The molecule has 0 saturated heterocycles. The number of hydrogen-bond donors (Lipinski definition) is 1. The van der Waals surface area contributed by atoms with Crippen LogP contribution in [0.15, 0.2) is 17.5 Å². The SMILES string of the molecule is CCCCCN(CCCCC)C(=O)[C@@H](Cc1cccs1)NC(=O)OC(C)(C)C. The number of carbonyl (C=O) groups is 2. The molecule has 0 fully saturated rings. The van der Waals surface area contributed by atoms with Crippen molar-refractivity contribution >= 4 is 23.3 Å². The Bertz CT molecular complexity index is 557. The monoisotopic (exact) mass is 410 g/mol. The zero-order valence-corrected chi connectivity index (χ0v) is 19.1. The quantitative estimate of drug-likeness (QED) is 0.470. The highest BCUT2D eigenvalue weighted by atomic mass is 32.1. The number of carbonyl (C=O) groups excluding carboxylic acids is 2. The number of nitrogens with one attached hydrogen (secondary N) is 1. The molecule has 1 aromatic rings. The highest BCUT2D eigenvalue weighted by molar-refractivity contribution is 7.09. The van der Waals surface area contributed by atoms with Gasteiger partial charge in [0.2, 0.25) is 5.91 Å². The molecule has 1 N–H and O–H groups in total. The van der Waals surface area contributed by atoms with E-state index in [-0.39, 0.29) is 5.91 Å². The molecule has 5 nitrogen and oxygen atoms in total. The van der Waals surface area contributed by atoms with E-state index in [9.17, 15) is 9.59 Å². The number of rotatable bonds is 12. The normalized spacial score (nSPS) is 12.5. The third kappa shape index (κ3) is 10.1. The fourth-order valence-corrected chi connectivity index (χ4v) is 3.69. The number of unbranched alkanes of at least 4 members (excludes halogenated alkanes) is 4. The lowest BCUT2D eigenvalue weighted by Crippen LogP contribution is -2.51. The largest absolute Gasteiger partial charge is 0.444 e.